The van der Waals surface area contributed by atoms with Crippen LogP contribution in [0.25, 0.3) is 0 Å². The first kappa shape index (κ1) is 20.6. The molecule has 1 aromatic carbocycles. The summed E-state index contributed by atoms with van der Waals surface area (Å²) in [5, 5.41) is 10.1. The van der Waals surface area contributed by atoms with Crippen LogP contribution < -0.4 is 0 Å². The second kappa shape index (κ2) is 8.10. The Balaban J connectivity index is 3.37. The molecule has 1 N–H and O–H groups in total. The molecule has 4 heteroatoms. The van der Waals surface area contributed by atoms with E-state index in [1.165, 1.54) is 0 Å². The monoisotopic (exact) mass is 366 g/mol. The summed E-state index contributed by atoms with van der Waals surface area (Å²) >= 11 is 11.7. The molecule has 0 radical (unpaired) electrons. The fourth-order valence-electron chi connectivity index (χ4n) is 3.39. The summed E-state index contributed by atoms with van der Waals surface area (Å²) in [4.78, 5) is 12.3. The maximum Gasteiger partial charge on any atom is 0.311 e. The largest absolute Gasteiger partial charge is 0.481 e. The first-order chi connectivity index (χ1) is 11.1. The summed E-state index contributed by atoms with van der Waals surface area (Å²) in [6, 6.07) is 7.77. The third-order valence-corrected chi connectivity index (χ3v) is 5.02. The normalized spacial score (nSPS) is 13.9. The molecule has 0 aliphatic carbocycles. The Kier molecular flexibility index (Phi) is 6.96. The molecule has 130 valence electrons. The molecular weight excluding hydrogens is 343 g/mol. The molecule has 1 unspecified atom stereocenters. The van der Waals surface area contributed by atoms with Crippen LogP contribution in [0.2, 0.25) is 0 Å². The van der Waals surface area contributed by atoms with Gasteiger partial charge in [-0.2, -0.15) is 0 Å². The molecular formula is C20H24Cl2O2. The average molecular weight is 367 g/mol. The Morgan fingerprint density at radius 3 is 2.12 bits per heavy atom. The van der Waals surface area contributed by atoms with Crippen molar-refractivity contribution in [3.8, 4) is 12.3 Å². The lowest BCUT2D eigenvalue weighted by Crippen LogP contribution is -2.49. The van der Waals surface area contributed by atoms with Gasteiger partial charge in [0.1, 0.15) is 4.49 Å². The quantitative estimate of drug-likeness (QED) is 0.648. The Hall–Kier alpha value is -1.43. The molecule has 2 nitrogen and oxygen atoms in total. The van der Waals surface area contributed by atoms with Crippen LogP contribution in [0, 0.1) is 29.1 Å². The van der Waals surface area contributed by atoms with Crippen molar-refractivity contribution in [3.63, 3.8) is 0 Å². The zero-order valence-electron chi connectivity index (χ0n) is 14.6. The van der Waals surface area contributed by atoms with E-state index in [-0.39, 0.29) is 10.4 Å². The smallest absolute Gasteiger partial charge is 0.311 e. The van der Waals surface area contributed by atoms with E-state index in [1.807, 2.05) is 52.0 Å². The van der Waals surface area contributed by atoms with Crippen LogP contribution in [0.3, 0.4) is 0 Å². The molecule has 1 aromatic rings. The zero-order chi connectivity index (χ0) is 18.5. The van der Waals surface area contributed by atoms with Crippen molar-refractivity contribution in [1.29, 1.82) is 0 Å². The van der Waals surface area contributed by atoms with Crippen LogP contribution in [-0.4, -0.2) is 11.1 Å². The first-order valence-corrected chi connectivity index (χ1v) is 8.61. The molecule has 0 saturated heterocycles. The van der Waals surface area contributed by atoms with Crippen LogP contribution in [0.15, 0.2) is 34.8 Å². The highest BCUT2D eigenvalue weighted by molar-refractivity contribution is 6.55. The highest BCUT2D eigenvalue weighted by Gasteiger charge is 2.52. The topological polar surface area (TPSA) is 37.3 Å². The number of aliphatic carboxylic acids is 1. The third kappa shape index (κ3) is 4.35. The summed E-state index contributed by atoms with van der Waals surface area (Å²) in [5.74, 6) is 1.62. The standard InChI is InChI=1S/C20H24Cl2O2/c1-6-7-15-8-10-16(11-9-15)12-20(14(2)3,18(23)24)19(4,5)13-17(21)22/h1,8-11,13-14H,7,12H2,2-5H3,(H,23,24). The maximum atomic E-state index is 12.3. The maximum absolute atomic E-state index is 12.3. The van der Waals surface area contributed by atoms with E-state index in [4.69, 9.17) is 29.6 Å². The van der Waals surface area contributed by atoms with Gasteiger partial charge in [-0.3, -0.25) is 4.79 Å². The number of carboxylic acids is 1. The van der Waals surface area contributed by atoms with Crippen molar-refractivity contribution in [3.05, 3.63) is 46.0 Å². The Morgan fingerprint density at radius 1 is 1.25 bits per heavy atom. The van der Waals surface area contributed by atoms with E-state index in [0.29, 0.717) is 12.8 Å². The van der Waals surface area contributed by atoms with Gasteiger partial charge in [-0.15, -0.1) is 12.3 Å². The third-order valence-electron chi connectivity index (χ3n) is 4.80. The van der Waals surface area contributed by atoms with Crippen molar-refractivity contribution in [1.82, 2.24) is 0 Å². The SMILES string of the molecule is C#CCc1ccc(CC(C(=O)O)(C(C)C)C(C)(C)C=C(Cl)Cl)cc1. The van der Waals surface area contributed by atoms with Gasteiger partial charge in [0.05, 0.1) is 5.41 Å². The van der Waals surface area contributed by atoms with Crippen molar-refractivity contribution >= 4 is 29.2 Å². The highest BCUT2D eigenvalue weighted by Crippen LogP contribution is 2.49. The van der Waals surface area contributed by atoms with Crippen LogP contribution in [0.5, 0.6) is 0 Å². The number of allylic oxidation sites excluding steroid dienone is 1. The van der Waals surface area contributed by atoms with Gasteiger partial charge in [0, 0.05) is 11.8 Å². The minimum Gasteiger partial charge on any atom is -0.481 e. The van der Waals surface area contributed by atoms with Crippen molar-refractivity contribution in [2.75, 3.05) is 0 Å². The van der Waals surface area contributed by atoms with Gasteiger partial charge in [0.25, 0.3) is 0 Å². The first-order valence-electron chi connectivity index (χ1n) is 7.85. The second-order valence-corrected chi connectivity index (χ2v) is 7.97. The molecule has 24 heavy (non-hydrogen) atoms. The Morgan fingerprint density at radius 2 is 1.75 bits per heavy atom. The summed E-state index contributed by atoms with van der Waals surface area (Å²) < 4.78 is 0.0793. The zero-order valence-corrected chi connectivity index (χ0v) is 16.1. The van der Waals surface area contributed by atoms with Crippen LogP contribution in [0.4, 0.5) is 0 Å². The van der Waals surface area contributed by atoms with E-state index >= 15 is 0 Å². The fourth-order valence-corrected chi connectivity index (χ4v) is 3.94. The molecule has 0 heterocycles. The lowest BCUT2D eigenvalue weighted by atomic mass is 9.57. The van der Waals surface area contributed by atoms with Crippen LogP contribution in [0.1, 0.15) is 38.8 Å². The van der Waals surface area contributed by atoms with E-state index in [1.54, 1.807) is 6.08 Å². The molecule has 0 bridgehead atoms. The summed E-state index contributed by atoms with van der Waals surface area (Å²) in [6.07, 6.45) is 7.88. The van der Waals surface area contributed by atoms with Gasteiger partial charge >= 0.3 is 5.97 Å². The van der Waals surface area contributed by atoms with Crippen molar-refractivity contribution < 1.29 is 9.90 Å². The average Bonchev–Trinajstić information content (AvgIpc) is 2.44. The summed E-state index contributed by atoms with van der Waals surface area (Å²) in [7, 11) is 0. The van der Waals surface area contributed by atoms with E-state index in [9.17, 15) is 9.90 Å². The van der Waals surface area contributed by atoms with Crippen molar-refractivity contribution in [2.24, 2.45) is 16.7 Å². The molecule has 0 amide bonds. The van der Waals surface area contributed by atoms with E-state index in [2.05, 4.69) is 5.92 Å². The minimum absolute atomic E-state index is 0.0793. The molecule has 0 spiro atoms. The van der Waals surface area contributed by atoms with Crippen molar-refractivity contribution in [2.45, 2.75) is 40.5 Å². The molecule has 0 aromatic heterocycles. The molecule has 1 rings (SSSR count). The minimum atomic E-state index is -1.05. The molecule has 0 fully saturated rings. The highest BCUT2D eigenvalue weighted by atomic mass is 35.5. The second-order valence-electron chi connectivity index (χ2n) is 6.96. The van der Waals surface area contributed by atoms with Gasteiger partial charge in [-0.25, -0.2) is 0 Å². The van der Waals surface area contributed by atoms with Crippen LogP contribution >= 0.6 is 23.2 Å². The fraction of sp³-hybridized carbons (Fsp3) is 0.450. The van der Waals surface area contributed by atoms with Crippen LogP contribution in [-0.2, 0) is 17.6 Å². The van der Waals surface area contributed by atoms with E-state index < -0.39 is 16.8 Å². The number of halogens is 2. The van der Waals surface area contributed by atoms with Gasteiger partial charge in [-0.1, -0.05) is 75.2 Å². The Bertz CT molecular complexity index is 647. The lowest BCUT2D eigenvalue weighted by molar-refractivity contribution is -0.159. The van der Waals surface area contributed by atoms with Gasteiger partial charge in [0.15, 0.2) is 0 Å². The summed E-state index contributed by atoms with van der Waals surface area (Å²) in [6.45, 7) is 7.55. The number of hydrogen-bond donors (Lipinski definition) is 1. The van der Waals surface area contributed by atoms with Gasteiger partial charge in [-0.05, 0) is 29.5 Å². The molecule has 1 atom stereocenters. The molecule has 0 aliphatic rings. The van der Waals surface area contributed by atoms with Gasteiger partial charge in [0.2, 0.25) is 0 Å². The molecule has 0 aliphatic heterocycles. The lowest BCUT2D eigenvalue weighted by Gasteiger charge is -2.45. The molecule has 0 saturated carbocycles. The predicted molar refractivity (Wildman–Crippen MR) is 101 cm³/mol. The number of carboxylic acid groups (broad SMARTS) is 1. The summed E-state index contributed by atoms with van der Waals surface area (Å²) in [5.41, 5.74) is 0.202. The number of hydrogen-bond acceptors (Lipinski definition) is 1. The number of carbonyl (C=O) groups is 1. The van der Waals surface area contributed by atoms with E-state index in [0.717, 1.165) is 11.1 Å². The number of rotatable bonds is 7. The number of benzene rings is 1. The Labute approximate surface area is 154 Å². The predicted octanol–water partition coefficient (Wildman–Crippen LogP) is 5.48. The van der Waals surface area contributed by atoms with Gasteiger partial charge < -0.3 is 5.11 Å². The number of terminal acetylenes is 1.